The summed E-state index contributed by atoms with van der Waals surface area (Å²) in [6, 6.07) is 25.0. The van der Waals surface area contributed by atoms with E-state index in [2.05, 4.69) is 77.7 Å². The monoisotopic (exact) mass is 711 g/mol. The molecular formula is C42H37N3O8. The van der Waals surface area contributed by atoms with E-state index in [1.165, 1.54) is 0 Å². The maximum absolute atomic E-state index is 6.19. The third kappa shape index (κ3) is 4.37. The zero-order valence-corrected chi connectivity index (χ0v) is 30.2. The molecule has 0 fully saturated rings. The van der Waals surface area contributed by atoms with Gasteiger partial charge in [0.05, 0.1) is 39.8 Å². The summed E-state index contributed by atoms with van der Waals surface area (Å²) in [4.78, 5) is 4.56. The second kappa shape index (κ2) is 11.7. The fourth-order valence-electron chi connectivity index (χ4n) is 8.69. The molecule has 11 heteroatoms. The Labute approximate surface area is 306 Å². The topological polar surface area (TPSA) is 92.4 Å². The average molecular weight is 712 g/mol. The molecule has 0 saturated heterocycles. The first-order chi connectivity index (χ1) is 25.9. The Morgan fingerprint density at radius 2 is 0.906 bits per heavy atom. The van der Waals surface area contributed by atoms with Crippen molar-refractivity contribution in [3.05, 3.63) is 83.9 Å². The van der Waals surface area contributed by atoms with E-state index >= 15 is 0 Å². The molecule has 2 atom stereocenters. The predicted molar refractivity (Wildman–Crippen MR) is 203 cm³/mol. The van der Waals surface area contributed by atoms with Crippen LogP contribution in [0.15, 0.2) is 72.8 Å². The number of nitrogens with zero attached hydrogens (tertiary/aromatic N) is 2. The molecule has 0 saturated carbocycles. The second-order valence-electron chi connectivity index (χ2n) is 13.5. The molecule has 0 aliphatic carbocycles. The standard InChI is InChI=1S/C42H37N3O8/c1-44-37-25(9-7-21-15-31-33(17-27(21)37)52-19-50-31)23-11-13-29(46-3)39(48-5)35(23)41(44)43-42-36-24(12-14-30(47-4)40(36)49-6)26-10-8-22-16-32-34(53-20-51-32)18-28(22)38(26)45(42)2/h7-18,41-43H,19-20H2,1-6H3. The maximum atomic E-state index is 6.19. The Balaban J connectivity index is 1.22. The van der Waals surface area contributed by atoms with Gasteiger partial charge in [0.1, 0.15) is 12.3 Å². The predicted octanol–water partition coefficient (Wildman–Crippen LogP) is 8.01. The van der Waals surface area contributed by atoms with Crippen LogP contribution >= 0.6 is 0 Å². The van der Waals surface area contributed by atoms with Gasteiger partial charge in [-0.15, -0.1) is 0 Å². The summed E-state index contributed by atoms with van der Waals surface area (Å²) in [6.45, 7) is 0.398. The fraction of sp³-hybridized carbons (Fsp3) is 0.238. The highest BCUT2D eigenvalue weighted by Gasteiger charge is 2.41. The minimum Gasteiger partial charge on any atom is -0.493 e. The van der Waals surface area contributed by atoms with Crippen LogP contribution < -0.4 is 53.0 Å². The van der Waals surface area contributed by atoms with Crippen molar-refractivity contribution < 1.29 is 37.9 Å². The van der Waals surface area contributed by atoms with Gasteiger partial charge in [-0.05, 0) is 70.4 Å². The Hall–Kier alpha value is -6.20. The van der Waals surface area contributed by atoms with Gasteiger partial charge in [-0.3, -0.25) is 5.32 Å². The van der Waals surface area contributed by atoms with Crippen LogP contribution in [0.4, 0.5) is 11.4 Å². The van der Waals surface area contributed by atoms with E-state index in [4.69, 9.17) is 37.9 Å². The van der Waals surface area contributed by atoms with Crippen LogP contribution in [0.5, 0.6) is 46.0 Å². The van der Waals surface area contributed by atoms with Gasteiger partial charge in [-0.1, -0.05) is 24.3 Å². The highest BCUT2D eigenvalue weighted by molar-refractivity contribution is 6.07. The van der Waals surface area contributed by atoms with Crippen LogP contribution in [-0.2, 0) is 0 Å². The molecule has 1 N–H and O–H groups in total. The van der Waals surface area contributed by atoms with E-state index in [1.54, 1.807) is 28.4 Å². The Bertz CT molecular complexity index is 2350. The molecule has 0 amide bonds. The summed E-state index contributed by atoms with van der Waals surface area (Å²) in [6.07, 6.45) is -0.848. The van der Waals surface area contributed by atoms with Crippen molar-refractivity contribution in [2.45, 2.75) is 12.3 Å². The molecule has 268 valence electrons. The molecule has 4 aliphatic heterocycles. The Kier molecular flexibility index (Phi) is 6.93. The molecule has 0 spiro atoms. The second-order valence-corrected chi connectivity index (χ2v) is 13.5. The lowest BCUT2D eigenvalue weighted by atomic mass is 9.86. The van der Waals surface area contributed by atoms with Crippen LogP contribution in [0.2, 0.25) is 0 Å². The average Bonchev–Trinajstić information content (AvgIpc) is 3.85. The number of anilines is 2. The summed E-state index contributed by atoms with van der Waals surface area (Å²) >= 11 is 0. The smallest absolute Gasteiger partial charge is 0.231 e. The number of hydrogen-bond acceptors (Lipinski definition) is 11. The zero-order chi connectivity index (χ0) is 36.1. The highest BCUT2D eigenvalue weighted by atomic mass is 16.7. The lowest BCUT2D eigenvalue weighted by Crippen LogP contribution is -2.47. The van der Waals surface area contributed by atoms with Gasteiger partial charge in [0.2, 0.25) is 13.6 Å². The minimum atomic E-state index is -0.424. The van der Waals surface area contributed by atoms with Gasteiger partial charge in [0, 0.05) is 47.1 Å². The van der Waals surface area contributed by atoms with E-state index in [0.29, 0.717) is 23.0 Å². The van der Waals surface area contributed by atoms with E-state index in [0.717, 1.165) is 89.3 Å². The van der Waals surface area contributed by atoms with E-state index in [1.807, 2.05) is 24.3 Å². The molecule has 10 rings (SSSR count). The van der Waals surface area contributed by atoms with E-state index in [9.17, 15) is 0 Å². The zero-order valence-electron chi connectivity index (χ0n) is 30.2. The molecule has 53 heavy (non-hydrogen) atoms. The normalized spacial score (nSPS) is 17.3. The molecule has 0 bridgehead atoms. The molecule has 2 unspecified atom stereocenters. The molecule has 6 aromatic carbocycles. The molecule has 0 aromatic heterocycles. The third-order valence-corrected chi connectivity index (χ3v) is 11.1. The SMILES string of the molecule is COc1ccc2c(c1OC)C(NC1c3c(ccc(OC)c3OC)-c3ccc4cc5c(cc4c3N1C)OCO5)N(C)c1c-2ccc2cc3c(cc12)OCO3. The van der Waals surface area contributed by atoms with Crippen molar-refractivity contribution in [2.24, 2.45) is 0 Å². The summed E-state index contributed by atoms with van der Waals surface area (Å²) < 4.78 is 47.4. The van der Waals surface area contributed by atoms with Crippen molar-refractivity contribution in [1.82, 2.24) is 5.32 Å². The molecule has 6 aromatic rings. The molecule has 0 radical (unpaired) electrons. The Morgan fingerprint density at radius 3 is 1.30 bits per heavy atom. The van der Waals surface area contributed by atoms with E-state index < -0.39 is 12.3 Å². The highest BCUT2D eigenvalue weighted by Crippen LogP contribution is 2.57. The van der Waals surface area contributed by atoms with Crippen molar-refractivity contribution in [2.75, 3.05) is 65.9 Å². The van der Waals surface area contributed by atoms with Crippen LogP contribution in [0.3, 0.4) is 0 Å². The number of nitrogens with one attached hydrogen (secondary N) is 1. The first-order valence-corrected chi connectivity index (χ1v) is 17.4. The number of rotatable bonds is 6. The molecule has 11 nitrogen and oxygen atoms in total. The van der Waals surface area contributed by atoms with E-state index in [-0.39, 0.29) is 13.6 Å². The van der Waals surface area contributed by atoms with Gasteiger partial charge >= 0.3 is 0 Å². The third-order valence-electron chi connectivity index (χ3n) is 11.1. The van der Waals surface area contributed by atoms with Gasteiger partial charge in [0.15, 0.2) is 46.0 Å². The summed E-state index contributed by atoms with van der Waals surface area (Å²) in [7, 11) is 10.9. The van der Waals surface area contributed by atoms with Crippen molar-refractivity contribution in [3.63, 3.8) is 0 Å². The fourth-order valence-corrected chi connectivity index (χ4v) is 8.69. The lowest BCUT2D eigenvalue weighted by Gasteiger charge is -2.45. The lowest BCUT2D eigenvalue weighted by molar-refractivity contribution is 0.173. The minimum absolute atomic E-state index is 0.199. The van der Waals surface area contributed by atoms with Gasteiger partial charge in [-0.25, -0.2) is 0 Å². The molecule has 4 heterocycles. The van der Waals surface area contributed by atoms with Gasteiger partial charge < -0.3 is 47.7 Å². The molecule has 4 aliphatic rings. The quantitative estimate of drug-likeness (QED) is 0.182. The number of fused-ring (bicyclic) bond motifs is 12. The summed E-state index contributed by atoms with van der Waals surface area (Å²) in [5.41, 5.74) is 8.19. The number of benzene rings is 6. The molecular weight excluding hydrogens is 674 g/mol. The van der Waals surface area contributed by atoms with Gasteiger partial charge in [-0.2, -0.15) is 0 Å². The largest absolute Gasteiger partial charge is 0.493 e. The summed E-state index contributed by atoms with van der Waals surface area (Å²) in [5, 5.41) is 8.30. The van der Waals surface area contributed by atoms with Crippen molar-refractivity contribution >= 4 is 32.9 Å². The Morgan fingerprint density at radius 1 is 0.509 bits per heavy atom. The number of methoxy groups -OCH3 is 4. The number of hydrogen-bond donors (Lipinski definition) is 1. The van der Waals surface area contributed by atoms with Crippen LogP contribution in [0, 0.1) is 0 Å². The summed E-state index contributed by atoms with van der Waals surface area (Å²) in [5.74, 6) is 5.53. The van der Waals surface area contributed by atoms with Crippen molar-refractivity contribution in [3.8, 4) is 68.2 Å². The van der Waals surface area contributed by atoms with Crippen LogP contribution in [0.1, 0.15) is 23.5 Å². The number of ether oxygens (including phenoxy) is 8. The first-order valence-electron chi connectivity index (χ1n) is 17.4. The van der Waals surface area contributed by atoms with Crippen LogP contribution in [0.25, 0.3) is 43.8 Å². The van der Waals surface area contributed by atoms with Gasteiger partial charge in [0.25, 0.3) is 0 Å². The first kappa shape index (κ1) is 31.5. The van der Waals surface area contributed by atoms with Crippen LogP contribution in [-0.4, -0.2) is 56.1 Å². The maximum Gasteiger partial charge on any atom is 0.231 e. The van der Waals surface area contributed by atoms with Crippen molar-refractivity contribution in [1.29, 1.82) is 0 Å².